The van der Waals surface area contributed by atoms with Crippen molar-refractivity contribution in [2.75, 3.05) is 0 Å². The number of hydrogen-bond acceptors (Lipinski definition) is 5. The van der Waals surface area contributed by atoms with E-state index in [0.717, 1.165) is 11.9 Å². The molecule has 0 radical (unpaired) electrons. The fourth-order valence-electron chi connectivity index (χ4n) is 2.25. The topological polar surface area (TPSA) is 101 Å². The van der Waals surface area contributed by atoms with Gasteiger partial charge in [0, 0.05) is 0 Å². The summed E-state index contributed by atoms with van der Waals surface area (Å²) in [7, 11) is 0. The van der Waals surface area contributed by atoms with Crippen molar-refractivity contribution in [2.45, 2.75) is 45.3 Å². The second kappa shape index (κ2) is 5.22. The molecule has 2 heterocycles. The van der Waals surface area contributed by atoms with E-state index in [2.05, 4.69) is 19.9 Å². The van der Waals surface area contributed by atoms with Gasteiger partial charge in [-0.2, -0.15) is 0 Å². The number of nitrogens with zero attached hydrogens (tertiary/aromatic N) is 3. The zero-order chi connectivity index (χ0) is 14.0. The van der Waals surface area contributed by atoms with Gasteiger partial charge in [0.15, 0.2) is 11.5 Å². The summed E-state index contributed by atoms with van der Waals surface area (Å²) in [6.07, 6.45) is 4.04. The molecule has 19 heavy (non-hydrogen) atoms. The number of aliphatic hydroxyl groups excluding tert-OH is 1. The quantitative estimate of drug-likeness (QED) is 0.755. The Balaban J connectivity index is 2.47. The largest absolute Gasteiger partial charge is 0.391 e. The van der Waals surface area contributed by atoms with Gasteiger partial charge in [-0.25, -0.2) is 15.0 Å². The lowest BCUT2D eigenvalue weighted by atomic mass is 9.79. The zero-order valence-electron chi connectivity index (χ0n) is 11.6. The van der Waals surface area contributed by atoms with E-state index >= 15 is 0 Å². The molecule has 2 unspecified atom stereocenters. The molecule has 0 amide bonds. The first-order chi connectivity index (χ1) is 9.00. The van der Waals surface area contributed by atoms with Gasteiger partial charge in [0.2, 0.25) is 0 Å². The molecule has 4 N–H and O–H groups in total. The molecule has 6 nitrogen and oxygen atoms in total. The second-order valence-electron chi connectivity index (χ2n) is 5.23. The molecule has 2 aromatic rings. The van der Waals surface area contributed by atoms with Crippen molar-refractivity contribution in [3.8, 4) is 0 Å². The Morgan fingerprint density at radius 3 is 2.79 bits per heavy atom. The van der Waals surface area contributed by atoms with E-state index in [-0.39, 0.29) is 5.92 Å². The number of H-pyrrole nitrogens is 1. The molecule has 0 bridgehead atoms. The molecule has 0 fully saturated rings. The van der Waals surface area contributed by atoms with Crippen LogP contribution >= 0.6 is 0 Å². The minimum atomic E-state index is -0.955. The van der Waals surface area contributed by atoms with Crippen LogP contribution in [0.1, 0.15) is 39.4 Å². The fourth-order valence-corrected chi connectivity index (χ4v) is 2.25. The summed E-state index contributed by atoms with van der Waals surface area (Å²) in [6.45, 7) is 5.95. The predicted octanol–water partition coefficient (Wildman–Crippen LogP) is 1.32. The van der Waals surface area contributed by atoms with E-state index < -0.39 is 11.6 Å². The summed E-state index contributed by atoms with van der Waals surface area (Å²) in [5.41, 5.74) is 6.82. The molecule has 6 heteroatoms. The maximum atomic E-state index is 10.4. The van der Waals surface area contributed by atoms with Crippen LogP contribution in [0.25, 0.3) is 11.2 Å². The smallest absolute Gasteiger partial charge is 0.180 e. The normalized spacial score (nSPS) is 16.7. The van der Waals surface area contributed by atoms with Gasteiger partial charge in [-0.3, -0.25) is 0 Å². The molecular weight excluding hydrogens is 242 g/mol. The lowest BCUT2D eigenvalue weighted by Crippen LogP contribution is -2.53. The highest BCUT2D eigenvalue weighted by molar-refractivity contribution is 5.68. The van der Waals surface area contributed by atoms with E-state index in [1.807, 2.05) is 20.8 Å². The third-order valence-electron chi connectivity index (χ3n) is 3.63. The van der Waals surface area contributed by atoms with Crippen LogP contribution in [0.5, 0.6) is 0 Å². The Morgan fingerprint density at radius 2 is 2.16 bits per heavy atom. The van der Waals surface area contributed by atoms with Gasteiger partial charge >= 0.3 is 0 Å². The summed E-state index contributed by atoms with van der Waals surface area (Å²) in [5.74, 6) is 0.466. The number of nitrogens with two attached hydrogens (primary N) is 1. The molecule has 2 aromatic heterocycles. The Bertz CT molecular complexity index is 553. The van der Waals surface area contributed by atoms with Gasteiger partial charge < -0.3 is 15.8 Å². The molecule has 0 aliphatic rings. The summed E-state index contributed by atoms with van der Waals surface area (Å²) in [4.78, 5) is 15.8. The van der Waals surface area contributed by atoms with E-state index in [4.69, 9.17) is 5.73 Å². The molecular formula is C13H21N5O. The number of aromatic amines is 1. The third-order valence-corrected chi connectivity index (χ3v) is 3.63. The van der Waals surface area contributed by atoms with Crippen LogP contribution in [0, 0.1) is 5.92 Å². The van der Waals surface area contributed by atoms with Crippen molar-refractivity contribution in [1.29, 1.82) is 0 Å². The first kappa shape index (κ1) is 13.9. The molecule has 0 saturated carbocycles. The van der Waals surface area contributed by atoms with Crippen molar-refractivity contribution in [1.82, 2.24) is 19.9 Å². The fraction of sp³-hybridized carbons (Fsp3) is 0.615. The molecule has 104 valence electrons. The van der Waals surface area contributed by atoms with Gasteiger partial charge in [0.05, 0.1) is 18.6 Å². The zero-order valence-corrected chi connectivity index (χ0v) is 11.6. The molecule has 0 aromatic carbocycles. The summed E-state index contributed by atoms with van der Waals surface area (Å²) in [6, 6.07) is 0. The van der Waals surface area contributed by atoms with Gasteiger partial charge in [0.25, 0.3) is 0 Å². The van der Waals surface area contributed by atoms with Crippen LogP contribution in [-0.4, -0.2) is 31.1 Å². The van der Waals surface area contributed by atoms with E-state index in [1.54, 1.807) is 12.5 Å². The van der Waals surface area contributed by atoms with Gasteiger partial charge in [0.1, 0.15) is 11.1 Å². The average molecular weight is 263 g/mol. The van der Waals surface area contributed by atoms with E-state index in [0.29, 0.717) is 17.9 Å². The lowest BCUT2D eigenvalue weighted by molar-refractivity contribution is 0.0402. The Kier molecular flexibility index (Phi) is 3.82. The van der Waals surface area contributed by atoms with E-state index in [1.165, 1.54) is 0 Å². The van der Waals surface area contributed by atoms with Crippen molar-refractivity contribution in [2.24, 2.45) is 11.7 Å². The van der Waals surface area contributed by atoms with Crippen LogP contribution in [0.4, 0.5) is 0 Å². The summed E-state index contributed by atoms with van der Waals surface area (Å²) < 4.78 is 0. The monoisotopic (exact) mass is 263 g/mol. The summed E-state index contributed by atoms with van der Waals surface area (Å²) >= 11 is 0. The maximum absolute atomic E-state index is 10.4. The Labute approximate surface area is 112 Å². The van der Waals surface area contributed by atoms with Crippen LogP contribution in [0.3, 0.4) is 0 Å². The van der Waals surface area contributed by atoms with Gasteiger partial charge in [-0.05, 0) is 12.3 Å². The number of aromatic nitrogens is 4. The van der Waals surface area contributed by atoms with Crippen LogP contribution in [0.15, 0.2) is 12.5 Å². The average Bonchev–Trinajstić information content (AvgIpc) is 2.84. The van der Waals surface area contributed by atoms with Crippen molar-refractivity contribution in [3.63, 3.8) is 0 Å². The minimum Gasteiger partial charge on any atom is -0.391 e. The number of imidazole rings is 1. The summed E-state index contributed by atoms with van der Waals surface area (Å²) in [5, 5.41) is 10.4. The highest BCUT2D eigenvalue weighted by Crippen LogP contribution is 2.30. The highest BCUT2D eigenvalue weighted by atomic mass is 16.3. The van der Waals surface area contributed by atoms with Gasteiger partial charge in [-0.15, -0.1) is 0 Å². The molecule has 2 rings (SSSR count). The second-order valence-corrected chi connectivity index (χ2v) is 5.23. The maximum Gasteiger partial charge on any atom is 0.180 e. The molecule has 0 aliphatic heterocycles. The first-order valence-corrected chi connectivity index (χ1v) is 6.63. The SMILES string of the molecule is CCCC(O)C(N)(c1ncc2[nH]cnc2n1)C(C)C. The van der Waals surface area contributed by atoms with Crippen LogP contribution in [0.2, 0.25) is 0 Å². The predicted molar refractivity (Wildman–Crippen MR) is 73.3 cm³/mol. The first-order valence-electron chi connectivity index (χ1n) is 6.63. The lowest BCUT2D eigenvalue weighted by Gasteiger charge is -2.36. The van der Waals surface area contributed by atoms with Crippen LogP contribution in [-0.2, 0) is 5.54 Å². The van der Waals surface area contributed by atoms with Crippen molar-refractivity contribution >= 4 is 11.2 Å². The minimum absolute atomic E-state index is 0.0189. The van der Waals surface area contributed by atoms with E-state index in [9.17, 15) is 5.11 Å². The van der Waals surface area contributed by atoms with Crippen molar-refractivity contribution in [3.05, 3.63) is 18.3 Å². The van der Waals surface area contributed by atoms with Crippen molar-refractivity contribution < 1.29 is 5.11 Å². The van der Waals surface area contributed by atoms with Crippen LogP contribution < -0.4 is 5.73 Å². The number of rotatable bonds is 5. The third kappa shape index (κ3) is 2.33. The highest BCUT2D eigenvalue weighted by Gasteiger charge is 2.41. The molecule has 0 spiro atoms. The molecule has 0 saturated heterocycles. The molecule has 0 aliphatic carbocycles. The Morgan fingerprint density at radius 1 is 1.42 bits per heavy atom. The number of nitrogens with one attached hydrogen (secondary N) is 1. The number of hydrogen-bond donors (Lipinski definition) is 3. The standard InChI is InChI=1S/C13H21N5O/c1-4-5-10(19)13(14,8(2)3)12-15-6-9-11(18-12)17-7-16-9/h6-8,10,19H,4-5,14H2,1-3H3,(H,15,16,17,18). The van der Waals surface area contributed by atoms with Gasteiger partial charge in [-0.1, -0.05) is 27.2 Å². The number of aliphatic hydroxyl groups is 1. The molecule has 2 atom stereocenters. The number of fused-ring (bicyclic) bond motifs is 1. The Hall–Kier alpha value is -1.53.